The van der Waals surface area contributed by atoms with Crippen LogP contribution < -0.4 is 4.74 Å². The lowest BCUT2D eigenvalue weighted by molar-refractivity contribution is 0.154. The van der Waals surface area contributed by atoms with E-state index >= 15 is 0 Å². The molecular weight excluding hydrogens is 329 g/mol. The molecular formula is C13H18INO2. The molecule has 0 amide bonds. The van der Waals surface area contributed by atoms with Crippen molar-refractivity contribution in [1.82, 2.24) is 4.90 Å². The van der Waals surface area contributed by atoms with Crippen molar-refractivity contribution in [1.29, 1.82) is 0 Å². The average Bonchev–Trinajstić information content (AvgIpc) is 2.86. The van der Waals surface area contributed by atoms with E-state index in [0.717, 1.165) is 18.7 Å². The fraction of sp³-hybridized carbons (Fsp3) is 0.538. The molecule has 0 spiro atoms. The third kappa shape index (κ3) is 2.74. The van der Waals surface area contributed by atoms with Crippen molar-refractivity contribution in [2.45, 2.75) is 22.9 Å². The Bertz CT molecular complexity index is 372. The molecule has 0 aromatic heterocycles. The number of rotatable bonds is 4. The Labute approximate surface area is 116 Å². The molecule has 17 heavy (non-hydrogen) atoms. The SMILES string of the molecule is COc1ccccc1C(I)N1CCCC1CO. The molecule has 1 aromatic carbocycles. The Balaban J connectivity index is 2.21. The third-order valence-corrected chi connectivity index (χ3v) is 4.71. The number of hydrogen-bond donors (Lipinski definition) is 1. The van der Waals surface area contributed by atoms with Gasteiger partial charge in [0.2, 0.25) is 0 Å². The van der Waals surface area contributed by atoms with Gasteiger partial charge in [0.1, 0.15) is 5.75 Å². The average molecular weight is 347 g/mol. The van der Waals surface area contributed by atoms with Crippen LogP contribution in [-0.4, -0.2) is 36.3 Å². The van der Waals surface area contributed by atoms with Crippen LogP contribution in [-0.2, 0) is 0 Å². The zero-order chi connectivity index (χ0) is 12.3. The van der Waals surface area contributed by atoms with Gasteiger partial charge in [0.05, 0.1) is 17.8 Å². The predicted molar refractivity (Wildman–Crippen MR) is 76.6 cm³/mol. The van der Waals surface area contributed by atoms with Gasteiger partial charge in [0.15, 0.2) is 0 Å². The number of ether oxygens (including phenoxy) is 1. The van der Waals surface area contributed by atoms with Crippen LogP contribution in [0.25, 0.3) is 0 Å². The van der Waals surface area contributed by atoms with Gasteiger partial charge in [-0.3, -0.25) is 4.90 Å². The molecule has 1 heterocycles. The first-order chi connectivity index (χ1) is 8.27. The van der Waals surface area contributed by atoms with Gasteiger partial charge < -0.3 is 9.84 Å². The van der Waals surface area contributed by atoms with Crippen LogP contribution in [0.4, 0.5) is 0 Å². The van der Waals surface area contributed by atoms with E-state index in [9.17, 15) is 5.11 Å². The van der Waals surface area contributed by atoms with Crippen molar-refractivity contribution in [3.8, 4) is 5.75 Å². The minimum Gasteiger partial charge on any atom is -0.496 e. The third-order valence-electron chi connectivity index (χ3n) is 3.32. The van der Waals surface area contributed by atoms with Crippen LogP contribution in [0.2, 0.25) is 0 Å². The van der Waals surface area contributed by atoms with E-state index in [1.807, 2.05) is 18.2 Å². The quantitative estimate of drug-likeness (QED) is 0.516. The van der Waals surface area contributed by atoms with E-state index in [0.29, 0.717) is 6.04 Å². The molecule has 1 fully saturated rings. The first-order valence-corrected chi connectivity index (χ1v) is 7.16. The van der Waals surface area contributed by atoms with E-state index in [2.05, 4.69) is 33.6 Å². The lowest BCUT2D eigenvalue weighted by Crippen LogP contribution is -2.33. The van der Waals surface area contributed by atoms with Crippen LogP contribution in [0.1, 0.15) is 22.5 Å². The fourth-order valence-corrected chi connectivity index (χ4v) is 3.64. The molecule has 0 aliphatic carbocycles. The maximum atomic E-state index is 9.38. The molecule has 4 heteroatoms. The molecule has 1 N–H and O–H groups in total. The van der Waals surface area contributed by atoms with Gasteiger partial charge in [0.25, 0.3) is 0 Å². The highest BCUT2D eigenvalue weighted by molar-refractivity contribution is 14.1. The number of likely N-dealkylation sites (tertiary alicyclic amines) is 1. The van der Waals surface area contributed by atoms with E-state index in [1.165, 1.54) is 12.0 Å². The molecule has 1 aliphatic heterocycles. The van der Waals surface area contributed by atoms with E-state index in [4.69, 9.17) is 4.74 Å². The van der Waals surface area contributed by atoms with Crippen molar-refractivity contribution in [2.75, 3.05) is 20.3 Å². The van der Waals surface area contributed by atoms with Crippen molar-refractivity contribution in [3.63, 3.8) is 0 Å². The number of methoxy groups -OCH3 is 1. The van der Waals surface area contributed by atoms with Gasteiger partial charge in [-0.2, -0.15) is 0 Å². The number of alkyl halides is 1. The van der Waals surface area contributed by atoms with Gasteiger partial charge in [0, 0.05) is 11.6 Å². The van der Waals surface area contributed by atoms with Crippen molar-refractivity contribution < 1.29 is 9.84 Å². The second-order valence-electron chi connectivity index (χ2n) is 4.29. The lowest BCUT2D eigenvalue weighted by Gasteiger charge is -2.29. The van der Waals surface area contributed by atoms with Crippen molar-refractivity contribution in [3.05, 3.63) is 29.8 Å². The molecule has 1 aromatic rings. The zero-order valence-electron chi connectivity index (χ0n) is 9.97. The van der Waals surface area contributed by atoms with Gasteiger partial charge >= 0.3 is 0 Å². The first-order valence-electron chi connectivity index (χ1n) is 5.91. The number of halogens is 1. The van der Waals surface area contributed by atoms with Gasteiger partial charge in [-0.25, -0.2) is 0 Å². The van der Waals surface area contributed by atoms with Crippen LogP contribution in [0.5, 0.6) is 5.75 Å². The maximum Gasteiger partial charge on any atom is 0.124 e. The van der Waals surface area contributed by atoms with Crippen LogP contribution in [0.3, 0.4) is 0 Å². The summed E-state index contributed by atoms with van der Waals surface area (Å²) in [4.78, 5) is 2.36. The van der Waals surface area contributed by atoms with E-state index in [1.54, 1.807) is 7.11 Å². The fourth-order valence-electron chi connectivity index (χ4n) is 2.39. The molecule has 3 nitrogen and oxygen atoms in total. The number of nitrogens with zero attached hydrogens (tertiary/aromatic N) is 1. The second kappa shape index (κ2) is 6.02. The Morgan fingerprint density at radius 3 is 3.00 bits per heavy atom. The van der Waals surface area contributed by atoms with Crippen LogP contribution in [0.15, 0.2) is 24.3 Å². The monoisotopic (exact) mass is 347 g/mol. The maximum absolute atomic E-state index is 9.38. The Kier molecular flexibility index (Phi) is 4.64. The second-order valence-corrected chi connectivity index (χ2v) is 5.47. The van der Waals surface area contributed by atoms with Crippen molar-refractivity contribution in [2.24, 2.45) is 0 Å². The first kappa shape index (κ1) is 13.1. The Morgan fingerprint density at radius 2 is 2.29 bits per heavy atom. The van der Waals surface area contributed by atoms with Gasteiger partial charge in [-0.05, 0) is 25.5 Å². The van der Waals surface area contributed by atoms with Gasteiger partial charge in [-0.15, -0.1) is 0 Å². The highest BCUT2D eigenvalue weighted by atomic mass is 127. The smallest absolute Gasteiger partial charge is 0.124 e. The lowest BCUT2D eigenvalue weighted by atomic mass is 10.1. The van der Waals surface area contributed by atoms with Crippen LogP contribution in [0, 0.1) is 0 Å². The summed E-state index contributed by atoms with van der Waals surface area (Å²) in [5.41, 5.74) is 1.19. The number of hydrogen-bond acceptors (Lipinski definition) is 3. The van der Waals surface area contributed by atoms with Gasteiger partial charge in [-0.1, -0.05) is 40.8 Å². The molecule has 2 atom stereocenters. The molecule has 2 rings (SSSR count). The molecule has 1 saturated heterocycles. The molecule has 0 radical (unpaired) electrons. The normalized spacial score (nSPS) is 22.6. The summed E-state index contributed by atoms with van der Waals surface area (Å²) in [5, 5.41) is 9.38. The molecule has 0 saturated carbocycles. The summed E-state index contributed by atoms with van der Waals surface area (Å²) in [5.74, 6) is 0.926. The van der Waals surface area contributed by atoms with Crippen molar-refractivity contribution >= 4 is 22.6 Å². The summed E-state index contributed by atoms with van der Waals surface area (Å²) in [6.07, 6.45) is 2.25. The highest BCUT2D eigenvalue weighted by Crippen LogP contribution is 2.38. The molecule has 1 aliphatic rings. The summed E-state index contributed by atoms with van der Waals surface area (Å²) in [6, 6.07) is 8.40. The zero-order valence-corrected chi connectivity index (χ0v) is 12.1. The Hall–Kier alpha value is -0.330. The molecule has 2 unspecified atom stereocenters. The minimum atomic E-state index is 0.245. The molecule has 0 bridgehead atoms. The summed E-state index contributed by atoms with van der Waals surface area (Å²) < 4.78 is 5.67. The Morgan fingerprint density at radius 1 is 1.53 bits per heavy atom. The predicted octanol–water partition coefficient (Wildman–Crippen LogP) is 2.59. The number of aliphatic hydroxyl groups excluding tert-OH is 1. The molecule has 94 valence electrons. The standard InChI is InChI=1S/C13H18INO2/c1-17-12-7-3-2-6-11(12)13(14)15-8-4-5-10(15)9-16/h2-3,6-7,10,13,16H,4-5,8-9H2,1H3. The highest BCUT2D eigenvalue weighted by Gasteiger charge is 2.30. The summed E-state index contributed by atoms with van der Waals surface area (Å²) in [6.45, 7) is 1.30. The largest absolute Gasteiger partial charge is 0.496 e. The van der Waals surface area contributed by atoms with E-state index < -0.39 is 0 Å². The number of para-hydroxylation sites is 1. The summed E-state index contributed by atoms with van der Waals surface area (Å²) >= 11 is 2.43. The van der Waals surface area contributed by atoms with Crippen LogP contribution >= 0.6 is 22.6 Å². The number of aliphatic hydroxyl groups is 1. The van der Waals surface area contributed by atoms with E-state index in [-0.39, 0.29) is 10.7 Å². The number of benzene rings is 1. The summed E-state index contributed by atoms with van der Waals surface area (Å²) in [7, 11) is 1.70. The topological polar surface area (TPSA) is 32.7 Å². The minimum absolute atomic E-state index is 0.245.